The van der Waals surface area contributed by atoms with Gasteiger partial charge in [-0.3, -0.25) is 10.6 Å². The predicted molar refractivity (Wildman–Crippen MR) is 99.9 cm³/mol. The van der Waals surface area contributed by atoms with E-state index < -0.39 is 0 Å². The van der Waals surface area contributed by atoms with Crippen molar-refractivity contribution >= 4 is 0 Å². The van der Waals surface area contributed by atoms with Gasteiger partial charge in [0, 0.05) is 0 Å². The number of benzene rings is 2. The van der Waals surface area contributed by atoms with Crippen LogP contribution < -0.4 is 10.6 Å². The molecule has 1 aliphatic heterocycles. The fourth-order valence-corrected chi connectivity index (χ4v) is 4.63. The largest absolute Gasteiger partial charge is 0.290 e. The fraction of sp³-hybridized carbons (Fsp3) is 0.455. The van der Waals surface area contributed by atoms with Crippen molar-refractivity contribution in [1.82, 2.24) is 10.6 Å². The maximum Gasteiger partial charge on any atom is 0.0697 e. The van der Waals surface area contributed by atoms with Crippen LogP contribution in [0.15, 0.2) is 48.5 Å². The molecule has 4 rings (SSSR count). The van der Waals surface area contributed by atoms with Gasteiger partial charge in [-0.1, -0.05) is 67.8 Å². The number of nitrogens with one attached hydrogen (secondary N) is 2. The van der Waals surface area contributed by atoms with Gasteiger partial charge in [0.05, 0.1) is 17.7 Å². The van der Waals surface area contributed by atoms with Crippen molar-refractivity contribution in [3.8, 4) is 0 Å². The lowest BCUT2D eigenvalue weighted by molar-refractivity contribution is 0.223. The van der Waals surface area contributed by atoms with Crippen molar-refractivity contribution in [3.05, 3.63) is 70.8 Å². The maximum absolute atomic E-state index is 4.03. The summed E-state index contributed by atoms with van der Waals surface area (Å²) in [6.45, 7) is 4.47. The first kappa shape index (κ1) is 15.9. The van der Waals surface area contributed by atoms with Gasteiger partial charge >= 0.3 is 0 Å². The summed E-state index contributed by atoms with van der Waals surface area (Å²) in [4.78, 5) is 0. The summed E-state index contributed by atoms with van der Waals surface area (Å²) in [7, 11) is 0. The molecule has 2 fully saturated rings. The second-order valence-electron chi connectivity index (χ2n) is 7.60. The summed E-state index contributed by atoms with van der Waals surface area (Å²) in [6.07, 6.45) is 6.48. The zero-order valence-corrected chi connectivity index (χ0v) is 14.8. The van der Waals surface area contributed by atoms with Gasteiger partial charge in [-0.15, -0.1) is 0 Å². The topological polar surface area (TPSA) is 24.1 Å². The van der Waals surface area contributed by atoms with Crippen LogP contribution in [-0.4, -0.2) is 5.66 Å². The van der Waals surface area contributed by atoms with Crippen LogP contribution in [0, 0.1) is 13.8 Å². The standard InChI is InChI=1S/C22H28N2/c1-16-10-4-6-12-18(16)20-21(19-13-7-5-11-17(19)2)24-22(23-20)14-8-3-9-15-22/h4-7,10-13,20-21,23-24H,3,8-9,14-15H2,1-2H3/t20-,21-/m0/s1. The van der Waals surface area contributed by atoms with E-state index in [1.54, 1.807) is 0 Å². The van der Waals surface area contributed by atoms with Gasteiger partial charge in [-0.2, -0.15) is 0 Å². The van der Waals surface area contributed by atoms with Gasteiger partial charge in [0.25, 0.3) is 0 Å². The van der Waals surface area contributed by atoms with Gasteiger partial charge in [0.15, 0.2) is 0 Å². The molecule has 24 heavy (non-hydrogen) atoms. The van der Waals surface area contributed by atoms with Crippen LogP contribution in [0.3, 0.4) is 0 Å². The summed E-state index contributed by atoms with van der Waals surface area (Å²) in [5, 5.41) is 8.06. The molecular weight excluding hydrogens is 292 g/mol. The van der Waals surface area contributed by atoms with E-state index in [1.165, 1.54) is 54.4 Å². The molecule has 1 heterocycles. The Labute approximate surface area is 145 Å². The molecule has 1 saturated heterocycles. The molecule has 2 aromatic rings. The molecule has 0 unspecified atom stereocenters. The Kier molecular flexibility index (Phi) is 4.19. The number of aryl methyl sites for hydroxylation is 2. The minimum absolute atomic E-state index is 0.109. The van der Waals surface area contributed by atoms with Crippen molar-refractivity contribution in [2.24, 2.45) is 0 Å². The molecule has 2 heteroatoms. The van der Waals surface area contributed by atoms with E-state index in [-0.39, 0.29) is 5.66 Å². The first-order chi connectivity index (χ1) is 11.7. The summed E-state index contributed by atoms with van der Waals surface area (Å²) < 4.78 is 0. The zero-order valence-electron chi connectivity index (χ0n) is 14.8. The molecule has 1 aliphatic carbocycles. The van der Waals surface area contributed by atoms with Crippen molar-refractivity contribution in [3.63, 3.8) is 0 Å². The summed E-state index contributed by atoms with van der Waals surface area (Å²) in [5.41, 5.74) is 5.73. The summed E-state index contributed by atoms with van der Waals surface area (Å²) in [5.74, 6) is 0. The van der Waals surface area contributed by atoms with E-state index in [2.05, 4.69) is 73.0 Å². The summed E-state index contributed by atoms with van der Waals surface area (Å²) in [6, 6.07) is 18.4. The van der Waals surface area contributed by atoms with Gasteiger partial charge in [0.1, 0.15) is 0 Å². The van der Waals surface area contributed by atoms with Gasteiger partial charge in [-0.05, 0) is 48.9 Å². The van der Waals surface area contributed by atoms with Crippen molar-refractivity contribution in [2.75, 3.05) is 0 Å². The van der Waals surface area contributed by atoms with Crippen molar-refractivity contribution in [1.29, 1.82) is 0 Å². The Balaban J connectivity index is 1.76. The third kappa shape index (κ3) is 2.78. The van der Waals surface area contributed by atoms with E-state index in [1.807, 2.05) is 0 Å². The van der Waals surface area contributed by atoms with Crippen LogP contribution in [0.25, 0.3) is 0 Å². The SMILES string of the molecule is Cc1ccccc1[C@@H]1NC2(CCCCC2)N[C@H]1c1ccccc1C. The highest BCUT2D eigenvalue weighted by Gasteiger charge is 2.46. The highest BCUT2D eigenvalue weighted by Crippen LogP contribution is 2.43. The molecule has 0 aromatic heterocycles. The minimum Gasteiger partial charge on any atom is -0.290 e. The Morgan fingerprint density at radius 3 is 1.62 bits per heavy atom. The maximum atomic E-state index is 4.03. The monoisotopic (exact) mass is 320 g/mol. The first-order valence-electron chi connectivity index (χ1n) is 9.35. The quantitative estimate of drug-likeness (QED) is 0.819. The molecule has 0 radical (unpaired) electrons. The lowest BCUT2D eigenvalue weighted by Gasteiger charge is -2.34. The van der Waals surface area contributed by atoms with Crippen LogP contribution in [0.4, 0.5) is 0 Å². The average Bonchev–Trinajstić information content (AvgIpc) is 2.95. The Hall–Kier alpha value is -1.64. The minimum atomic E-state index is 0.109. The van der Waals surface area contributed by atoms with Gasteiger partial charge in [-0.25, -0.2) is 0 Å². The molecule has 2 atom stereocenters. The van der Waals surface area contributed by atoms with E-state index in [0.717, 1.165) is 0 Å². The lowest BCUT2D eigenvalue weighted by atomic mass is 9.89. The average molecular weight is 320 g/mol. The second-order valence-corrected chi connectivity index (χ2v) is 7.60. The number of hydrogen-bond donors (Lipinski definition) is 2. The lowest BCUT2D eigenvalue weighted by Crippen LogP contribution is -2.50. The first-order valence-corrected chi connectivity index (χ1v) is 9.35. The highest BCUT2D eigenvalue weighted by atomic mass is 15.3. The van der Waals surface area contributed by atoms with E-state index in [9.17, 15) is 0 Å². The molecule has 1 saturated carbocycles. The zero-order chi connectivity index (χ0) is 16.6. The normalized spacial score (nSPS) is 25.9. The van der Waals surface area contributed by atoms with Crippen LogP contribution >= 0.6 is 0 Å². The molecule has 2 aromatic carbocycles. The Bertz CT molecular complexity index is 660. The highest BCUT2D eigenvalue weighted by molar-refractivity contribution is 5.38. The number of hydrogen-bond acceptors (Lipinski definition) is 2. The molecule has 2 aliphatic rings. The smallest absolute Gasteiger partial charge is 0.0697 e. The third-order valence-corrected chi connectivity index (χ3v) is 5.95. The second kappa shape index (κ2) is 6.34. The van der Waals surface area contributed by atoms with E-state index in [4.69, 9.17) is 0 Å². The van der Waals surface area contributed by atoms with Crippen LogP contribution in [0.1, 0.15) is 66.4 Å². The van der Waals surface area contributed by atoms with Crippen molar-refractivity contribution in [2.45, 2.75) is 63.7 Å². The third-order valence-electron chi connectivity index (χ3n) is 5.95. The molecule has 0 bridgehead atoms. The molecule has 126 valence electrons. The van der Waals surface area contributed by atoms with Gasteiger partial charge < -0.3 is 0 Å². The molecule has 2 nitrogen and oxygen atoms in total. The van der Waals surface area contributed by atoms with E-state index >= 15 is 0 Å². The van der Waals surface area contributed by atoms with E-state index in [0.29, 0.717) is 12.1 Å². The molecule has 2 N–H and O–H groups in total. The van der Waals surface area contributed by atoms with Crippen LogP contribution in [-0.2, 0) is 0 Å². The Morgan fingerprint density at radius 1 is 0.708 bits per heavy atom. The predicted octanol–water partition coefficient (Wildman–Crippen LogP) is 4.94. The fourth-order valence-electron chi connectivity index (χ4n) is 4.63. The molecule has 1 spiro atoms. The van der Waals surface area contributed by atoms with Crippen LogP contribution in [0.5, 0.6) is 0 Å². The van der Waals surface area contributed by atoms with Crippen LogP contribution in [0.2, 0.25) is 0 Å². The summed E-state index contributed by atoms with van der Waals surface area (Å²) >= 11 is 0. The Morgan fingerprint density at radius 2 is 1.17 bits per heavy atom. The van der Waals surface area contributed by atoms with Gasteiger partial charge in [0.2, 0.25) is 0 Å². The van der Waals surface area contributed by atoms with Crippen molar-refractivity contribution < 1.29 is 0 Å². The number of rotatable bonds is 2. The molecule has 0 amide bonds. The molecular formula is C22H28N2.